The molecule has 0 spiro atoms. The molecular formula is C12H16N2O4S. The molecule has 0 atom stereocenters. The van der Waals surface area contributed by atoms with Gasteiger partial charge in [-0.15, -0.1) is 0 Å². The quantitative estimate of drug-likeness (QED) is 0.857. The summed E-state index contributed by atoms with van der Waals surface area (Å²) in [4.78, 5) is 0.297. The van der Waals surface area contributed by atoms with Gasteiger partial charge >= 0.3 is 0 Å². The Kier molecular flexibility index (Phi) is 3.34. The first-order chi connectivity index (χ1) is 9.18. The number of sulfonamides is 1. The van der Waals surface area contributed by atoms with E-state index in [9.17, 15) is 8.42 Å². The predicted molar refractivity (Wildman–Crippen MR) is 70.0 cm³/mol. The maximum Gasteiger partial charge on any atom is 0.243 e. The summed E-state index contributed by atoms with van der Waals surface area (Å²) in [6.07, 6.45) is 0. The van der Waals surface area contributed by atoms with Gasteiger partial charge in [0.25, 0.3) is 0 Å². The summed E-state index contributed by atoms with van der Waals surface area (Å²) >= 11 is 0. The minimum atomic E-state index is -3.44. The Morgan fingerprint density at radius 1 is 1.16 bits per heavy atom. The van der Waals surface area contributed by atoms with Crippen molar-refractivity contribution in [3.8, 4) is 5.75 Å². The molecule has 2 aliphatic heterocycles. The van der Waals surface area contributed by atoms with E-state index < -0.39 is 10.0 Å². The van der Waals surface area contributed by atoms with Crippen LogP contribution in [0.5, 0.6) is 5.75 Å². The van der Waals surface area contributed by atoms with Crippen molar-refractivity contribution in [2.45, 2.75) is 4.90 Å². The van der Waals surface area contributed by atoms with Crippen molar-refractivity contribution in [1.29, 1.82) is 0 Å². The van der Waals surface area contributed by atoms with Gasteiger partial charge in [0, 0.05) is 19.6 Å². The summed E-state index contributed by atoms with van der Waals surface area (Å²) in [6, 6.07) is 4.94. The molecule has 0 saturated carbocycles. The first kappa shape index (κ1) is 12.7. The Morgan fingerprint density at radius 3 is 2.74 bits per heavy atom. The van der Waals surface area contributed by atoms with Crippen LogP contribution in [-0.2, 0) is 14.8 Å². The maximum atomic E-state index is 12.5. The molecule has 1 fully saturated rings. The first-order valence-corrected chi connectivity index (χ1v) is 7.70. The van der Waals surface area contributed by atoms with Crippen molar-refractivity contribution in [2.75, 3.05) is 44.8 Å². The second kappa shape index (κ2) is 4.99. The first-order valence-electron chi connectivity index (χ1n) is 6.26. The molecule has 2 aliphatic rings. The number of hydrogen-bond donors (Lipinski definition) is 1. The molecule has 0 radical (unpaired) electrons. The molecule has 0 aromatic heterocycles. The normalized spacial score (nSPS) is 20.2. The zero-order valence-corrected chi connectivity index (χ0v) is 11.3. The molecule has 7 heteroatoms. The van der Waals surface area contributed by atoms with Crippen LogP contribution in [0.1, 0.15) is 0 Å². The van der Waals surface area contributed by atoms with E-state index in [1.165, 1.54) is 4.31 Å². The van der Waals surface area contributed by atoms with Crippen molar-refractivity contribution in [3.63, 3.8) is 0 Å². The van der Waals surface area contributed by atoms with Crippen LogP contribution in [0.25, 0.3) is 0 Å². The molecule has 0 unspecified atom stereocenters. The van der Waals surface area contributed by atoms with Gasteiger partial charge in [-0.05, 0) is 18.2 Å². The van der Waals surface area contributed by atoms with E-state index in [0.717, 1.165) is 5.69 Å². The van der Waals surface area contributed by atoms with Gasteiger partial charge in [-0.25, -0.2) is 8.42 Å². The molecule has 104 valence electrons. The van der Waals surface area contributed by atoms with E-state index in [0.29, 0.717) is 50.1 Å². The highest BCUT2D eigenvalue weighted by Gasteiger charge is 2.27. The molecular weight excluding hydrogens is 268 g/mol. The molecule has 0 bridgehead atoms. The van der Waals surface area contributed by atoms with Gasteiger partial charge in [0.2, 0.25) is 10.0 Å². The fraction of sp³-hybridized carbons (Fsp3) is 0.500. The third-order valence-electron chi connectivity index (χ3n) is 3.23. The van der Waals surface area contributed by atoms with E-state index in [-0.39, 0.29) is 0 Å². The van der Waals surface area contributed by atoms with Gasteiger partial charge in [0.05, 0.1) is 23.8 Å². The lowest BCUT2D eigenvalue weighted by atomic mass is 10.2. The second-order valence-electron chi connectivity index (χ2n) is 4.45. The molecule has 19 heavy (non-hydrogen) atoms. The molecule has 1 aromatic carbocycles. The van der Waals surface area contributed by atoms with Crippen LogP contribution < -0.4 is 10.1 Å². The Labute approximate surface area is 112 Å². The Bertz CT molecular complexity index is 567. The van der Waals surface area contributed by atoms with Crippen LogP contribution >= 0.6 is 0 Å². The molecule has 1 aromatic rings. The number of morpholine rings is 1. The van der Waals surface area contributed by atoms with Crippen LogP contribution in [0, 0.1) is 0 Å². The van der Waals surface area contributed by atoms with Crippen molar-refractivity contribution < 1.29 is 17.9 Å². The number of hydrogen-bond acceptors (Lipinski definition) is 5. The zero-order valence-electron chi connectivity index (χ0n) is 10.5. The molecule has 1 saturated heterocycles. The molecule has 6 nitrogen and oxygen atoms in total. The monoisotopic (exact) mass is 284 g/mol. The topological polar surface area (TPSA) is 67.9 Å². The van der Waals surface area contributed by atoms with Gasteiger partial charge in [0.15, 0.2) is 0 Å². The Balaban J connectivity index is 1.92. The Morgan fingerprint density at radius 2 is 1.95 bits per heavy atom. The van der Waals surface area contributed by atoms with E-state index in [4.69, 9.17) is 9.47 Å². The second-order valence-corrected chi connectivity index (χ2v) is 6.39. The van der Waals surface area contributed by atoms with Crippen LogP contribution in [0.4, 0.5) is 5.69 Å². The van der Waals surface area contributed by atoms with Crippen LogP contribution in [-0.4, -0.2) is 52.2 Å². The summed E-state index contributed by atoms with van der Waals surface area (Å²) in [6.45, 7) is 3.00. The smallest absolute Gasteiger partial charge is 0.243 e. The van der Waals surface area contributed by atoms with Crippen molar-refractivity contribution >= 4 is 15.7 Å². The number of fused-ring (bicyclic) bond motifs is 1. The summed E-state index contributed by atoms with van der Waals surface area (Å²) in [5.74, 6) is 0.701. The number of anilines is 1. The van der Waals surface area contributed by atoms with Crippen LogP contribution in [0.15, 0.2) is 23.1 Å². The Hall–Kier alpha value is -1.31. The van der Waals surface area contributed by atoms with Gasteiger partial charge < -0.3 is 14.8 Å². The highest BCUT2D eigenvalue weighted by Crippen LogP contribution is 2.30. The molecule has 3 rings (SSSR count). The van der Waals surface area contributed by atoms with Gasteiger partial charge in [-0.3, -0.25) is 0 Å². The predicted octanol–water partition coefficient (Wildman–Crippen LogP) is 0.512. The van der Waals surface area contributed by atoms with Crippen molar-refractivity contribution in [1.82, 2.24) is 4.31 Å². The van der Waals surface area contributed by atoms with Crippen LogP contribution in [0.2, 0.25) is 0 Å². The number of nitrogens with zero attached hydrogens (tertiary/aromatic N) is 1. The molecule has 0 amide bonds. The van der Waals surface area contributed by atoms with E-state index in [1.807, 2.05) is 0 Å². The minimum Gasteiger partial charge on any atom is -0.490 e. The standard InChI is InChI=1S/C12H16N2O4S/c15-19(16,14-4-7-17-8-5-14)10-1-2-12-11(9-10)13-3-6-18-12/h1-2,9,13H,3-8H2. The SMILES string of the molecule is O=S(=O)(c1ccc2c(c1)NCCO2)N1CCOCC1. The van der Waals surface area contributed by atoms with E-state index >= 15 is 0 Å². The van der Waals surface area contributed by atoms with Gasteiger partial charge in [-0.1, -0.05) is 0 Å². The van der Waals surface area contributed by atoms with E-state index in [2.05, 4.69) is 5.32 Å². The van der Waals surface area contributed by atoms with Gasteiger partial charge in [0.1, 0.15) is 12.4 Å². The van der Waals surface area contributed by atoms with Crippen LogP contribution in [0.3, 0.4) is 0 Å². The zero-order chi connectivity index (χ0) is 13.3. The number of rotatable bonds is 2. The minimum absolute atomic E-state index is 0.297. The third-order valence-corrected chi connectivity index (χ3v) is 5.13. The van der Waals surface area contributed by atoms with Gasteiger partial charge in [-0.2, -0.15) is 4.31 Å². The summed E-state index contributed by atoms with van der Waals surface area (Å²) in [5.41, 5.74) is 0.737. The summed E-state index contributed by atoms with van der Waals surface area (Å²) in [5, 5.41) is 3.15. The molecule has 1 N–H and O–H groups in total. The number of nitrogens with one attached hydrogen (secondary N) is 1. The highest BCUT2D eigenvalue weighted by atomic mass is 32.2. The molecule has 0 aliphatic carbocycles. The highest BCUT2D eigenvalue weighted by molar-refractivity contribution is 7.89. The fourth-order valence-electron chi connectivity index (χ4n) is 2.22. The summed E-state index contributed by atoms with van der Waals surface area (Å²) < 4.78 is 37.0. The molecule has 2 heterocycles. The van der Waals surface area contributed by atoms with Crippen molar-refractivity contribution in [2.24, 2.45) is 0 Å². The largest absolute Gasteiger partial charge is 0.490 e. The maximum absolute atomic E-state index is 12.5. The average Bonchev–Trinajstić information content (AvgIpc) is 2.47. The number of ether oxygens (including phenoxy) is 2. The average molecular weight is 284 g/mol. The lowest BCUT2D eigenvalue weighted by Gasteiger charge is -2.27. The van der Waals surface area contributed by atoms with E-state index in [1.54, 1.807) is 18.2 Å². The number of benzene rings is 1. The summed E-state index contributed by atoms with van der Waals surface area (Å²) in [7, 11) is -3.44. The third kappa shape index (κ3) is 2.41. The lowest BCUT2D eigenvalue weighted by Crippen LogP contribution is -2.40. The lowest BCUT2D eigenvalue weighted by molar-refractivity contribution is 0.0730. The fourth-order valence-corrected chi connectivity index (χ4v) is 3.65. The van der Waals surface area contributed by atoms with Crippen molar-refractivity contribution in [3.05, 3.63) is 18.2 Å².